The molecule has 0 saturated heterocycles. The molecule has 2 heterocycles. The molecule has 0 fully saturated rings. The van der Waals surface area contributed by atoms with E-state index in [2.05, 4.69) is 18.3 Å². The Labute approximate surface area is 126 Å². The quantitative estimate of drug-likeness (QED) is 0.863. The largest absolute Gasteiger partial charge is 0.449 e. The van der Waals surface area contributed by atoms with Gasteiger partial charge < -0.3 is 10.1 Å². The van der Waals surface area contributed by atoms with Crippen LogP contribution < -0.4 is 10.2 Å². The van der Waals surface area contributed by atoms with Crippen LogP contribution in [0.5, 0.6) is 0 Å². The normalized spacial score (nSPS) is 17.7. The first-order valence-corrected chi connectivity index (χ1v) is 8.01. The number of aryl methyl sites for hydroxylation is 1. The lowest BCUT2D eigenvalue weighted by molar-refractivity contribution is 0.159. The minimum atomic E-state index is -0.201. The Morgan fingerprint density at radius 3 is 2.90 bits per heavy atom. The smallest absolute Gasteiger partial charge is 0.414 e. The van der Waals surface area contributed by atoms with Crippen molar-refractivity contribution in [2.45, 2.75) is 39.5 Å². The predicted molar refractivity (Wildman–Crippen MR) is 84.1 cm³/mol. The van der Waals surface area contributed by atoms with Crippen LogP contribution in [0, 0.1) is 6.92 Å². The zero-order chi connectivity index (χ0) is 14.8. The molecule has 114 valence electrons. The van der Waals surface area contributed by atoms with Crippen LogP contribution in [0.15, 0.2) is 6.07 Å². The molecular weight excluding hydrogens is 264 g/mol. The van der Waals surface area contributed by atoms with Crippen molar-refractivity contribution in [1.29, 1.82) is 0 Å². The van der Waals surface area contributed by atoms with Crippen molar-refractivity contribution in [1.82, 2.24) is 5.32 Å². The monoisotopic (exact) mass is 288 g/mol. The number of hydrogen-bond acceptors (Lipinski definition) is 3. The van der Waals surface area contributed by atoms with E-state index < -0.39 is 0 Å². The first-order chi connectivity index (χ1) is 10.2. The lowest BCUT2D eigenvalue weighted by Crippen LogP contribution is -2.37. The van der Waals surface area contributed by atoms with Crippen LogP contribution in [0.4, 0.5) is 10.5 Å². The molecule has 2 aliphatic rings. The number of rotatable bonds is 1. The van der Waals surface area contributed by atoms with Crippen molar-refractivity contribution >= 4 is 11.8 Å². The number of hydrogen-bond donors (Lipinski definition) is 1. The highest BCUT2D eigenvalue weighted by Crippen LogP contribution is 2.36. The first-order valence-electron chi connectivity index (χ1n) is 8.01. The molecule has 2 aliphatic heterocycles. The lowest BCUT2D eigenvalue weighted by atomic mass is 9.89. The fourth-order valence-corrected chi connectivity index (χ4v) is 3.61. The highest BCUT2D eigenvalue weighted by atomic mass is 16.6. The van der Waals surface area contributed by atoms with Crippen LogP contribution in [-0.2, 0) is 24.0 Å². The average Bonchev–Trinajstić information content (AvgIpc) is 2.72. The van der Waals surface area contributed by atoms with Gasteiger partial charge in [0, 0.05) is 6.54 Å². The summed E-state index contributed by atoms with van der Waals surface area (Å²) in [7, 11) is 0. The topological polar surface area (TPSA) is 41.6 Å². The molecule has 0 saturated carbocycles. The van der Waals surface area contributed by atoms with E-state index in [1.165, 1.54) is 22.3 Å². The molecule has 0 aromatic heterocycles. The van der Waals surface area contributed by atoms with Crippen LogP contribution in [0.2, 0.25) is 0 Å². The second-order valence-corrected chi connectivity index (χ2v) is 5.85. The van der Waals surface area contributed by atoms with Gasteiger partial charge in [-0.3, -0.25) is 4.90 Å². The third-order valence-electron chi connectivity index (χ3n) is 4.56. The summed E-state index contributed by atoms with van der Waals surface area (Å²) >= 11 is 0. The Balaban J connectivity index is 2.05. The second-order valence-electron chi connectivity index (χ2n) is 5.85. The number of fused-ring (bicyclic) bond motifs is 2. The van der Waals surface area contributed by atoms with Gasteiger partial charge in [-0.05, 0) is 74.9 Å². The van der Waals surface area contributed by atoms with E-state index in [-0.39, 0.29) is 6.09 Å². The lowest BCUT2D eigenvalue weighted by Gasteiger charge is -2.32. The number of ether oxygens (including phenoxy) is 1. The summed E-state index contributed by atoms with van der Waals surface area (Å²) in [5.74, 6) is 0. The van der Waals surface area contributed by atoms with Crippen LogP contribution in [0.1, 0.15) is 35.6 Å². The Hall–Kier alpha value is -1.55. The summed E-state index contributed by atoms with van der Waals surface area (Å²) < 4.78 is 5.24. The molecule has 21 heavy (non-hydrogen) atoms. The first kappa shape index (κ1) is 14.4. The van der Waals surface area contributed by atoms with Gasteiger partial charge in [0.15, 0.2) is 0 Å². The van der Waals surface area contributed by atoms with Gasteiger partial charge in [-0.25, -0.2) is 4.79 Å². The molecule has 4 nitrogen and oxygen atoms in total. The van der Waals surface area contributed by atoms with E-state index in [0.717, 1.165) is 51.0 Å². The van der Waals surface area contributed by atoms with Gasteiger partial charge in [0.05, 0.1) is 12.3 Å². The summed E-state index contributed by atoms with van der Waals surface area (Å²) in [6.07, 6.45) is 4.01. The van der Waals surface area contributed by atoms with E-state index in [1.54, 1.807) is 0 Å². The third-order valence-corrected chi connectivity index (χ3v) is 4.56. The van der Waals surface area contributed by atoms with Gasteiger partial charge in [-0.1, -0.05) is 6.07 Å². The molecule has 0 spiro atoms. The summed E-state index contributed by atoms with van der Waals surface area (Å²) in [6.45, 7) is 7.29. The molecule has 1 N–H and O–H groups in total. The molecule has 0 unspecified atom stereocenters. The van der Waals surface area contributed by atoms with E-state index in [9.17, 15) is 4.79 Å². The second kappa shape index (κ2) is 6.06. The van der Waals surface area contributed by atoms with Crippen LogP contribution in [0.25, 0.3) is 0 Å². The SMILES string of the molecule is CCOC(=O)N1CCCc2cc3c(c(C)c21)CCNCC3. The van der Waals surface area contributed by atoms with Gasteiger partial charge in [0.25, 0.3) is 0 Å². The molecule has 0 bridgehead atoms. The third kappa shape index (κ3) is 2.64. The van der Waals surface area contributed by atoms with Crippen molar-refractivity contribution in [2.24, 2.45) is 0 Å². The number of carbonyl (C=O) groups is 1. The van der Waals surface area contributed by atoms with Gasteiger partial charge in [0.2, 0.25) is 0 Å². The molecule has 3 rings (SSSR count). The Morgan fingerprint density at radius 1 is 1.29 bits per heavy atom. The summed E-state index contributed by atoms with van der Waals surface area (Å²) in [4.78, 5) is 14.1. The van der Waals surface area contributed by atoms with E-state index >= 15 is 0 Å². The predicted octanol–water partition coefficient (Wildman–Crippen LogP) is 2.59. The van der Waals surface area contributed by atoms with Crippen molar-refractivity contribution in [3.8, 4) is 0 Å². The van der Waals surface area contributed by atoms with Gasteiger partial charge in [-0.15, -0.1) is 0 Å². The summed E-state index contributed by atoms with van der Waals surface area (Å²) in [5, 5.41) is 3.46. The minimum Gasteiger partial charge on any atom is -0.449 e. The van der Waals surface area contributed by atoms with E-state index in [0.29, 0.717) is 6.61 Å². The van der Waals surface area contributed by atoms with Crippen LogP contribution in [0.3, 0.4) is 0 Å². The highest BCUT2D eigenvalue weighted by molar-refractivity contribution is 5.91. The molecule has 0 atom stereocenters. The Morgan fingerprint density at radius 2 is 2.10 bits per heavy atom. The van der Waals surface area contributed by atoms with E-state index in [4.69, 9.17) is 4.74 Å². The number of nitrogens with one attached hydrogen (secondary N) is 1. The fourth-order valence-electron chi connectivity index (χ4n) is 3.61. The van der Waals surface area contributed by atoms with Crippen molar-refractivity contribution in [3.05, 3.63) is 28.3 Å². The highest BCUT2D eigenvalue weighted by Gasteiger charge is 2.28. The maximum absolute atomic E-state index is 12.2. The zero-order valence-corrected chi connectivity index (χ0v) is 13.0. The molecule has 0 aliphatic carbocycles. The number of nitrogens with zero attached hydrogens (tertiary/aromatic N) is 1. The van der Waals surface area contributed by atoms with Crippen molar-refractivity contribution < 1.29 is 9.53 Å². The zero-order valence-electron chi connectivity index (χ0n) is 13.0. The van der Waals surface area contributed by atoms with Crippen LogP contribution in [-0.4, -0.2) is 32.3 Å². The molecular formula is C17H24N2O2. The van der Waals surface area contributed by atoms with Crippen molar-refractivity contribution in [2.75, 3.05) is 31.1 Å². The molecule has 1 amide bonds. The van der Waals surface area contributed by atoms with Crippen LogP contribution >= 0.6 is 0 Å². The molecule has 1 aromatic rings. The van der Waals surface area contributed by atoms with Gasteiger partial charge in [-0.2, -0.15) is 0 Å². The Bertz CT molecular complexity index is 554. The molecule has 0 radical (unpaired) electrons. The van der Waals surface area contributed by atoms with Gasteiger partial charge in [0.1, 0.15) is 0 Å². The van der Waals surface area contributed by atoms with E-state index in [1.807, 2.05) is 11.8 Å². The summed E-state index contributed by atoms with van der Waals surface area (Å²) in [6, 6.07) is 2.33. The number of amides is 1. The molecule has 1 aromatic carbocycles. The fraction of sp³-hybridized carbons (Fsp3) is 0.588. The maximum Gasteiger partial charge on any atom is 0.414 e. The van der Waals surface area contributed by atoms with Crippen molar-refractivity contribution in [3.63, 3.8) is 0 Å². The number of anilines is 1. The maximum atomic E-state index is 12.2. The standard InChI is InChI=1S/C17H24N2O2/c1-3-21-17(20)19-10-4-5-14-11-13-6-8-18-9-7-15(13)12(2)16(14)19/h11,18H,3-10H2,1-2H3. The Kier molecular flexibility index (Phi) is 4.15. The summed E-state index contributed by atoms with van der Waals surface area (Å²) in [5.41, 5.74) is 6.59. The number of carbonyl (C=O) groups excluding carboxylic acids is 1. The minimum absolute atomic E-state index is 0.201. The average molecular weight is 288 g/mol. The molecule has 4 heteroatoms. The number of benzene rings is 1. The van der Waals surface area contributed by atoms with Gasteiger partial charge >= 0.3 is 6.09 Å².